The Morgan fingerprint density at radius 2 is 1.84 bits per heavy atom. The minimum Gasteiger partial charge on any atom is -0.396 e. The van der Waals surface area contributed by atoms with Crippen LogP contribution in [-0.4, -0.2) is 31.7 Å². The third-order valence-electron chi connectivity index (χ3n) is 10.4. The number of aliphatic hydroxyl groups is 1. The molecule has 3 saturated carbocycles. The Hall–Kier alpha value is -0.640. The van der Waals surface area contributed by atoms with E-state index in [9.17, 15) is 5.11 Å². The maximum Gasteiger partial charge on any atom is 0.146 e. The summed E-state index contributed by atoms with van der Waals surface area (Å²) < 4.78 is 11.1. The Morgan fingerprint density at radius 1 is 1.03 bits per heavy atom. The SMILES string of the molecule is COCOC1CC[C@@]2(C)C(=CC=C3[C@@H]4CC[C@H]([C@H](C)CCCC(C)CO)[C@@]4(C)CC[C@@H]32)C1. The number of hydrogen-bond acceptors (Lipinski definition) is 3. The van der Waals surface area contributed by atoms with Gasteiger partial charge in [0, 0.05) is 13.7 Å². The molecule has 2 unspecified atom stereocenters. The van der Waals surface area contributed by atoms with E-state index in [0.29, 0.717) is 36.3 Å². The first-order valence-corrected chi connectivity index (χ1v) is 13.5. The summed E-state index contributed by atoms with van der Waals surface area (Å²) in [7, 11) is 1.71. The molecule has 3 fully saturated rings. The lowest BCUT2D eigenvalue weighted by Crippen LogP contribution is -2.46. The average Bonchev–Trinajstić information content (AvgIpc) is 3.14. The number of allylic oxidation sites excluding steroid dienone is 3. The lowest BCUT2D eigenvalue weighted by Gasteiger charge is -2.55. The molecule has 0 amide bonds. The van der Waals surface area contributed by atoms with Gasteiger partial charge in [0.25, 0.3) is 0 Å². The van der Waals surface area contributed by atoms with Gasteiger partial charge in [-0.1, -0.05) is 63.8 Å². The minimum atomic E-state index is 0.323. The lowest BCUT2D eigenvalue weighted by molar-refractivity contribution is -0.0865. The van der Waals surface area contributed by atoms with Crippen molar-refractivity contribution >= 4 is 0 Å². The van der Waals surface area contributed by atoms with Crippen LogP contribution in [0.5, 0.6) is 0 Å². The van der Waals surface area contributed by atoms with Gasteiger partial charge >= 0.3 is 0 Å². The van der Waals surface area contributed by atoms with Crippen LogP contribution in [0.3, 0.4) is 0 Å². The molecule has 0 saturated heterocycles. The second-order valence-corrected chi connectivity index (χ2v) is 12.2. The Morgan fingerprint density at radius 3 is 2.59 bits per heavy atom. The summed E-state index contributed by atoms with van der Waals surface area (Å²) in [6.45, 7) is 10.6. The highest BCUT2D eigenvalue weighted by atomic mass is 16.7. The standard InChI is InChI=1S/C29H48O3/c1-20(18-30)7-6-8-21(2)25-11-12-26-24-10-9-22-17-23(32-19-31-5)13-15-28(22,3)27(24)14-16-29(25,26)4/h9-10,20-21,23,25-27,30H,6-8,11-19H2,1-5H3/t20?,21-,23?,25-,26+,27+,28+,29-/m1/s1. The van der Waals surface area contributed by atoms with Crippen LogP contribution in [-0.2, 0) is 9.47 Å². The van der Waals surface area contributed by atoms with Gasteiger partial charge in [0.05, 0.1) is 6.10 Å². The number of hydrogen-bond donors (Lipinski definition) is 1. The van der Waals surface area contributed by atoms with E-state index in [-0.39, 0.29) is 0 Å². The molecule has 0 aromatic carbocycles. The summed E-state index contributed by atoms with van der Waals surface area (Å²) in [5.74, 6) is 3.63. The van der Waals surface area contributed by atoms with E-state index >= 15 is 0 Å². The highest BCUT2D eigenvalue weighted by molar-refractivity contribution is 5.38. The number of methoxy groups -OCH3 is 1. The maximum atomic E-state index is 9.35. The van der Waals surface area contributed by atoms with Gasteiger partial charge in [-0.3, -0.25) is 0 Å². The Kier molecular flexibility index (Phi) is 7.59. The predicted molar refractivity (Wildman–Crippen MR) is 131 cm³/mol. The zero-order chi connectivity index (χ0) is 22.9. The molecule has 4 aliphatic rings. The zero-order valence-electron chi connectivity index (χ0n) is 21.4. The average molecular weight is 445 g/mol. The Balaban J connectivity index is 1.46. The van der Waals surface area contributed by atoms with Gasteiger partial charge in [0.15, 0.2) is 0 Å². The molecule has 32 heavy (non-hydrogen) atoms. The molecule has 8 atom stereocenters. The number of rotatable bonds is 9. The smallest absolute Gasteiger partial charge is 0.146 e. The van der Waals surface area contributed by atoms with E-state index in [1.54, 1.807) is 18.3 Å². The lowest BCUT2D eigenvalue weighted by atomic mass is 9.50. The van der Waals surface area contributed by atoms with Gasteiger partial charge in [-0.05, 0) is 91.8 Å². The van der Waals surface area contributed by atoms with Gasteiger partial charge in [-0.2, -0.15) is 0 Å². The Bertz CT molecular complexity index is 711. The van der Waals surface area contributed by atoms with Crippen molar-refractivity contribution in [1.29, 1.82) is 0 Å². The quantitative estimate of drug-likeness (QED) is 0.393. The second-order valence-electron chi connectivity index (χ2n) is 12.2. The van der Waals surface area contributed by atoms with E-state index < -0.39 is 0 Å². The van der Waals surface area contributed by atoms with Gasteiger partial charge in [0.1, 0.15) is 6.79 Å². The molecule has 0 aliphatic heterocycles. The molecule has 0 radical (unpaired) electrons. The molecule has 0 spiro atoms. The molecule has 3 nitrogen and oxygen atoms in total. The first-order chi connectivity index (χ1) is 15.3. The third kappa shape index (κ3) is 4.39. The van der Waals surface area contributed by atoms with Crippen molar-refractivity contribution in [1.82, 2.24) is 0 Å². The van der Waals surface area contributed by atoms with Crippen molar-refractivity contribution in [2.45, 2.75) is 98.0 Å². The summed E-state index contributed by atoms with van der Waals surface area (Å²) in [6, 6.07) is 0. The van der Waals surface area contributed by atoms with Crippen molar-refractivity contribution in [3.63, 3.8) is 0 Å². The van der Waals surface area contributed by atoms with E-state index in [2.05, 4.69) is 39.8 Å². The zero-order valence-corrected chi connectivity index (χ0v) is 21.4. The van der Waals surface area contributed by atoms with E-state index in [1.165, 1.54) is 51.4 Å². The molecule has 0 aromatic heterocycles. The maximum absolute atomic E-state index is 9.35. The molecule has 0 heterocycles. The van der Waals surface area contributed by atoms with Crippen LogP contribution in [0.1, 0.15) is 91.9 Å². The summed E-state index contributed by atoms with van der Waals surface area (Å²) in [5, 5.41) is 9.35. The molecular formula is C29H48O3. The van der Waals surface area contributed by atoms with E-state index in [1.807, 2.05) is 0 Å². The Labute approximate surface area is 197 Å². The number of fused-ring (bicyclic) bond motifs is 5. The van der Waals surface area contributed by atoms with Crippen molar-refractivity contribution in [3.05, 3.63) is 23.3 Å². The summed E-state index contributed by atoms with van der Waals surface area (Å²) in [4.78, 5) is 0. The third-order valence-corrected chi connectivity index (χ3v) is 10.4. The minimum absolute atomic E-state index is 0.323. The summed E-state index contributed by atoms with van der Waals surface area (Å²) in [6.07, 6.45) is 18.2. The van der Waals surface area contributed by atoms with Crippen LogP contribution in [0.25, 0.3) is 0 Å². The first-order valence-electron chi connectivity index (χ1n) is 13.5. The van der Waals surface area contributed by atoms with Crippen molar-refractivity contribution < 1.29 is 14.6 Å². The first kappa shape index (κ1) is 24.5. The topological polar surface area (TPSA) is 38.7 Å². The van der Waals surface area contributed by atoms with Crippen LogP contribution in [0.15, 0.2) is 23.3 Å². The van der Waals surface area contributed by atoms with Crippen LogP contribution in [0, 0.1) is 40.4 Å². The van der Waals surface area contributed by atoms with Gasteiger partial charge in [-0.15, -0.1) is 0 Å². The van der Waals surface area contributed by atoms with Crippen LogP contribution in [0.2, 0.25) is 0 Å². The monoisotopic (exact) mass is 444 g/mol. The molecule has 4 rings (SSSR count). The molecule has 3 heteroatoms. The normalized spacial score (nSPS) is 40.6. The molecule has 1 N–H and O–H groups in total. The number of aliphatic hydroxyl groups excluding tert-OH is 1. The number of ether oxygens (including phenoxy) is 2. The highest BCUT2D eigenvalue weighted by Crippen LogP contribution is 2.66. The fourth-order valence-electron chi connectivity index (χ4n) is 8.33. The van der Waals surface area contributed by atoms with Crippen molar-refractivity contribution in [3.8, 4) is 0 Å². The van der Waals surface area contributed by atoms with E-state index in [0.717, 1.165) is 36.5 Å². The fraction of sp³-hybridized carbons (Fsp3) is 0.862. The molecule has 4 aliphatic carbocycles. The second kappa shape index (κ2) is 9.92. The summed E-state index contributed by atoms with van der Waals surface area (Å²) >= 11 is 0. The van der Waals surface area contributed by atoms with Crippen molar-refractivity contribution in [2.75, 3.05) is 20.5 Å². The van der Waals surface area contributed by atoms with Crippen molar-refractivity contribution in [2.24, 2.45) is 40.4 Å². The van der Waals surface area contributed by atoms with Gasteiger partial charge in [0.2, 0.25) is 0 Å². The predicted octanol–water partition coefficient (Wildman–Crippen LogP) is 6.91. The molecular weight excluding hydrogens is 396 g/mol. The van der Waals surface area contributed by atoms with Crippen LogP contribution in [0.4, 0.5) is 0 Å². The van der Waals surface area contributed by atoms with Gasteiger partial charge < -0.3 is 14.6 Å². The van der Waals surface area contributed by atoms with Crippen LogP contribution >= 0.6 is 0 Å². The summed E-state index contributed by atoms with van der Waals surface area (Å²) in [5.41, 5.74) is 4.24. The molecule has 182 valence electrons. The molecule has 0 bridgehead atoms. The van der Waals surface area contributed by atoms with E-state index in [4.69, 9.17) is 9.47 Å². The fourth-order valence-corrected chi connectivity index (χ4v) is 8.33. The van der Waals surface area contributed by atoms with Crippen LogP contribution < -0.4 is 0 Å². The largest absolute Gasteiger partial charge is 0.396 e. The molecule has 0 aromatic rings. The highest BCUT2D eigenvalue weighted by Gasteiger charge is 2.56. The van der Waals surface area contributed by atoms with Gasteiger partial charge in [-0.25, -0.2) is 0 Å².